The quantitative estimate of drug-likeness (QED) is 0.806. The van der Waals surface area contributed by atoms with Crippen LogP contribution in [0.5, 0.6) is 5.75 Å². The molecule has 0 aromatic heterocycles. The van der Waals surface area contributed by atoms with Gasteiger partial charge in [0.2, 0.25) is 5.91 Å². The lowest BCUT2D eigenvalue weighted by atomic mass is 9.95. The van der Waals surface area contributed by atoms with Gasteiger partial charge in [0.05, 0.1) is 5.02 Å². The Hall–Kier alpha value is -2.24. The van der Waals surface area contributed by atoms with Crippen LogP contribution < -0.4 is 10.1 Å². The highest BCUT2D eigenvalue weighted by molar-refractivity contribution is 6.35. The third-order valence-electron chi connectivity index (χ3n) is 4.50. The number of hydrogen-bond donors (Lipinski definition) is 1. The van der Waals surface area contributed by atoms with Gasteiger partial charge in [-0.25, -0.2) is 0 Å². The van der Waals surface area contributed by atoms with E-state index in [1.54, 1.807) is 23.1 Å². The van der Waals surface area contributed by atoms with E-state index in [0.717, 1.165) is 5.69 Å². The molecule has 2 aromatic rings. The van der Waals surface area contributed by atoms with Crippen LogP contribution in [-0.2, 0) is 9.59 Å². The van der Waals surface area contributed by atoms with Crippen molar-refractivity contribution >= 4 is 40.7 Å². The zero-order valence-corrected chi connectivity index (χ0v) is 16.2. The van der Waals surface area contributed by atoms with Gasteiger partial charge in [-0.2, -0.15) is 0 Å². The molecule has 1 N–H and O–H groups in total. The van der Waals surface area contributed by atoms with Crippen molar-refractivity contribution in [2.24, 2.45) is 5.92 Å². The fourth-order valence-electron chi connectivity index (χ4n) is 2.98. The summed E-state index contributed by atoms with van der Waals surface area (Å²) in [5.74, 6) is 0.202. The van der Waals surface area contributed by atoms with E-state index in [-0.39, 0.29) is 24.3 Å². The molecule has 2 aromatic carbocycles. The van der Waals surface area contributed by atoms with E-state index in [1.165, 1.54) is 0 Å². The molecule has 142 valence electrons. The number of nitrogens with zero attached hydrogens (tertiary/aromatic N) is 1. The molecule has 27 heavy (non-hydrogen) atoms. The zero-order valence-electron chi connectivity index (χ0n) is 14.7. The van der Waals surface area contributed by atoms with Gasteiger partial charge in [-0.15, -0.1) is 0 Å². The summed E-state index contributed by atoms with van der Waals surface area (Å²) in [6.45, 7) is 0.967. The normalized spacial score (nSPS) is 14.7. The van der Waals surface area contributed by atoms with Gasteiger partial charge in [-0.05, 0) is 43.2 Å². The maximum Gasteiger partial charge on any atom is 0.260 e. The predicted molar refractivity (Wildman–Crippen MR) is 106 cm³/mol. The van der Waals surface area contributed by atoms with Gasteiger partial charge in [-0.1, -0.05) is 41.4 Å². The summed E-state index contributed by atoms with van der Waals surface area (Å²) in [5.41, 5.74) is 0.786. The fraction of sp³-hybridized carbons (Fsp3) is 0.300. The summed E-state index contributed by atoms with van der Waals surface area (Å²) in [6.07, 6.45) is 1.26. The highest BCUT2D eigenvalue weighted by Gasteiger charge is 2.27. The number of anilines is 1. The number of piperidine rings is 1. The Bertz CT molecular complexity index is 806. The fourth-order valence-corrected chi connectivity index (χ4v) is 3.44. The smallest absolute Gasteiger partial charge is 0.260 e. The van der Waals surface area contributed by atoms with Crippen LogP contribution in [0.25, 0.3) is 0 Å². The van der Waals surface area contributed by atoms with E-state index < -0.39 is 0 Å². The van der Waals surface area contributed by atoms with Gasteiger partial charge >= 0.3 is 0 Å². The minimum Gasteiger partial charge on any atom is -0.482 e. The van der Waals surface area contributed by atoms with Crippen molar-refractivity contribution in [3.05, 3.63) is 58.6 Å². The summed E-state index contributed by atoms with van der Waals surface area (Å²) in [5, 5.41) is 3.80. The number of nitrogens with one attached hydrogen (secondary N) is 1. The number of hydrogen-bond acceptors (Lipinski definition) is 3. The molecule has 1 aliphatic rings. The average molecular weight is 407 g/mol. The maximum absolute atomic E-state index is 12.4. The second-order valence-corrected chi connectivity index (χ2v) is 7.22. The summed E-state index contributed by atoms with van der Waals surface area (Å²) in [4.78, 5) is 26.4. The molecule has 2 amide bonds. The number of para-hydroxylation sites is 1. The highest BCUT2D eigenvalue weighted by atomic mass is 35.5. The summed E-state index contributed by atoms with van der Waals surface area (Å²) in [7, 11) is 0. The van der Waals surface area contributed by atoms with Gasteiger partial charge in [-0.3, -0.25) is 9.59 Å². The van der Waals surface area contributed by atoms with E-state index in [0.29, 0.717) is 41.7 Å². The first-order chi connectivity index (χ1) is 13.0. The molecule has 0 spiro atoms. The monoisotopic (exact) mass is 406 g/mol. The van der Waals surface area contributed by atoms with Gasteiger partial charge in [0.15, 0.2) is 6.61 Å². The molecule has 1 saturated heterocycles. The third-order valence-corrected chi connectivity index (χ3v) is 5.04. The SMILES string of the molecule is O=C(Nc1ccccc1)C1CCN(C(=O)COc2ccc(Cl)cc2Cl)CC1. The Morgan fingerprint density at radius 2 is 1.78 bits per heavy atom. The summed E-state index contributed by atoms with van der Waals surface area (Å²) in [6, 6.07) is 14.2. The van der Waals surface area contributed by atoms with Crippen LogP contribution in [0.1, 0.15) is 12.8 Å². The molecule has 0 aliphatic carbocycles. The standard InChI is InChI=1S/C20H20Cl2N2O3/c21-15-6-7-18(17(22)12-15)27-13-19(25)24-10-8-14(9-11-24)20(26)23-16-4-2-1-3-5-16/h1-7,12,14H,8-11,13H2,(H,23,26). The molecule has 1 heterocycles. The van der Waals surface area contributed by atoms with Crippen molar-refractivity contribution in [2.75, 3.05) is 25.0 Å². The second kappa shape index (κ2) is 9.11. The first kappa shape index (κ1) is 19.5. The molecular formula is C20H20Cl2N2O3. The Balaban J connectivity index is 1.45. The minimum atomic E-state index is -0.122. The third kappa shape index (κ3) is 5.37. The summed E-state index contributed by atoms with van der Waals surface area (Å²) < 4.78 is 5.50. The van der Waals surface area contributed by atoms with Crippen molar-refractivity contribution in [1.82, 2.24) is 4.90 Å². The van der Waals surface area contributed by atoms with Crippen LogP contribution in [0.2, 0.25) is 10.0 Å². The lowest BCUT2D eigenvalue weighted by Gasteiger charge is -2.31. The number of likely N-dealkylation sites (tertiary alicyclic amines) is 1. The highest BCUT2D eigenvalue weighted by Crippen LogP contribution is 2.27. The van der Waals surface area contributed by atoms with E-state index >= 15 is 0 Å². The maximum atomic E-state index is 12.4. The number of ether oxygens (including phenoxy) is 1. The molecule has 0 bridgehead atoms. The minimum absolute atomic E-state index is 0.00232. The van der Waals surface area contributed by atoms with Gasteiger partial charge in [0.25, 0.3) is 5.91 Å². The Morgan fingerprint density at radius 1 is 1.07 bits per heavy atom. The largest absolute Gasteiger partial charge is 0.482 e. The number of rotatable bonds is 5. The molecule has 0 atom stereocenters. The molecule has 5 nitrogen and oxygen atoms in total. The van der Waals surface area contributed by atoms with Crippen molar-refractivity contribution in [2.45, 2.75) is 12.8 Å². The van der Waals surface area contributed by atoms with Crippen LogP contribution in [0.3, 0.4) is 0 Å². The molecule has 3 rings (SSSR count). The van der Waals surface area contributed by atoms with Gasteiger partial charge < -0.3 is 15.0 Å². The lowest BCUT2D eigenvalue weighted by Crippen LogP contribution is -2.43. The number of carbonyl (C=O) groups excluding carboxylic acids is 2. The number of carbonyl (C=O) groups is 2. The second-order valence-electron chi connectivity index (χ2n) is 6.37. The molecule has 0 unspecified atom stereocenters. The average Bonchev–Trinajstić information content (AvgIpc) is 2.68. The van der Waals surface area contributed by atoms with Crippen LogP contribution in [0.4, 0.5) is 5.69 Å². The molecule has 1 aliphatic heterocycles. The van der Waals surface area contributed by atoms with Crippen molar-refractivity contribution in [1.29, 1.82) is 0 Å². The first-order valence-electron chi connectivity index (χ1n) is 8.74. The van der Waals surface area contributed by atoms with Crippen molar-refractivity contribution in [3.63, 3.8) is 0 Å². The Morgan fingerprint density at radius 3 is 2.44 bits per heavy atom. The van der Waals surface area contributed by atoms with Crippen LogP contribution in [0.15, 0.2) is 48.5 Å². The molecular weight excluding hydrogens is 387 g/mol. The molecule has 1 fully saturated rings. The number of amides is 2. The van der Waals surface area contributed by atoms with Gasteiger partial charge in [0.1, 0.15) is 5.75 Å². The van der Waals surface area contributed by atoms with Crippen molar-refractivity contribution < 1.29 is 14.3 Å². The van der Waals surface area contributed by atoms with Crippen LogP contribution in [0, 0.1) is 5.92 Å². The van der Waals surface area contributed by atoms with Gasteiger partial charge in [0, 0.05) is 29.7 Å². The number of benzene rings is 2. The molecule has 0 saturated carbocycles. The predicted octanol–water partition coefficient (Wildman–Crippen LogP) is 4.25. The summed E-state index contributed by atoms with van der Waals surface area (Å²) >= 11 is 11.9. The lowest BCUT2D eigenvalue weighted by molar-refractivity contribution is -0.136. The first-order valence-corrected chi connectivity index (χ1v) is 9.50. The van der Waals surface area contributed by atoms with Crippen LogP contribution in [-0.4, -0.2) is 36.4 Å². The van der Waals surface area contributed by atoms with E-state index in [1.807, 2.05) is 30.3 Å². The zero-order chi connectivity index (χ0) is 19.2. The van der Waals surface area contributed by atoms with Crippen molar-refractivity contribution in [3.8, 4) is 5.75 Å². The van der Waals surface area contributed by atoms with Crippen LogP contribution >= 0.6 is 23.2 Å². The Labute approximate surface area is 168 Å². The Kier molecular flexibility index (Phi) is 6.58. The van der Waals surface area contributed by atoms with E-state index in [9.17, 15) is 9.59 Å². The van der Waals surface area contributed by atoms with E-state index in [2.05, 4.69) is 5.32 Å². The topological polar surface area (TPSA) is 58.6 Å². The van der Waals surface area contributed by atoms with E-state index in [4.69, 9.17) is 27.9 Å². The molecule has 0 radical (unpaired) electrons. The molecule has 7 heteroatoms. The number of halogens is 2.